The summed E-state index contributed by atoms with van der Waals surface area (Å²) in [5.74, 6) is -2.29. The minimum absolute atomic E-state index is 0.345. The summed E-state index contributed by atoms with van der Waals surface area (Å²) >= 11 is 5.90. The van der Waals surface area contributed by atoms with Gasteiger partial charge in [-0.3, -0.25) is 9.59 Å². The fraction of sp³-hybridized carbons (Fsp3) is 0.375. The third-order valence-electron chi connectivity index (χ3n) is 3.75. The van der Waals surface area contributed by atoms with Crippen molar-refractivity contribution >= 4 is 29.0 Å². The van der Waals surface area contributed by atoms with E-state index in [1.165, 1.54) is 4.90 Å². The fourth-order valence-corrected chi connectivity index (χ4v) is 2.62. The topological polar surface area (TPSA) is 49.4 Å². The molecule has 1 aliphatic rings. The summed E-state index contributed by atoms with van der Waals surface area (Å²) in [5.41, 5.74) is 1.37. The van der Waals surface area contributed by atoms with E-state index < -0.39 is 18.0 Å². The highest BCUT2D eigenvalue weighted by molar-refractivity contribution is 6.31. The van der Waals surface area contributed by atoms with Crippen molar-refractivity contribution in [1.82, 2.24) is 4.90 Å². The van der Waals surface area contributed by atoms with Gasteiger partial charge in [-0.25, -0.2) is 0 Å². The summed E-state index contributed by atoms with van der Waals surface area (Å²) in [4.78, 5) is 24.8. The number of hydrogen-bond acceptors (Lipinski definition) is 3. The molecular weight excluding hydrogens is 345 g/mol. The number of rotatable bonds is 4. The number of allylic oxidation sites excluding steroid dienone is 1. The van der Waals surface area contributed by atoms with Gasteiger partial charge in [-0.05, 0) is 37.5 Å². The van der Waals surface area contributed by atoms with Gasteiger partial charge in [0.15, 0.2) is 0 Å². The summed E-state index contributed by atoms with van der Waals surface area (Å²) in [7, 11) is 0. The molecule has 1 fully saturated rings. The van der Waals surface area contributed by atoms with Crippen LogP contribution in [-0.2, 0) is 9.59 Å². The molecule has 8 heteroatoms. The van der Waals surface area contributed by atoms with Crippen molar-refractivity contribution < 1.29 is 22.8 Å². The van der Waals surface area contributed by atoms with E-state index in [9.17, 15) is 22.8 Å². The first-order valence-electron chi connectivity index (χ1n) is 7.30. The van der Waals surface area contributed by atoms with Gasteiger partial charge in [-0.1, -0.05) is 17.7 Å². The Kier molecular flexibility index (Phi) is 5.54. The van der Waals surface area contributed by atoms with Crippen molar-refractivity contribution in [3.8, 4) is 0 Å². The quantitative estimate of drug-likeness (QED) is 0.833. The number of nitrogens with one attached hydrogen (secondary N) is 1. The first-order valence-corrected chi connectivity index (χ1v) is 7.68. The van der Waals surface area contributed by atoms with Gasteiger partial charge in [-0.15, -0.1) is 0 Å². The van der Waals surface area contributed by atoms with Crippen LogP contribution in [0, 0.1) is 6.92 Å². The van der Waals surface area contributed by atoms with E-state index in [1.807, 2.05) is 0 Å². The van der Waals surface area contributed by atoms with E-state index in [0.717, 1.165) is 11.8 Å². The Bertz CT molecular complexity index is 674. The van der Waals surface area contributed by atoms with Crippen LogP contribution in [0.25, 0.3) is 0 Å². The molecular formula is C16H16ClF3N2O2. The van der Waals surface area contributed by atoms with Crippen molar-refractivity contribution in [3.63, 3.8) is 0 Å². The second-order valence-electron chi connectivity index (χ2n) is 5.52. The number of aryl methyl sites for hydroxylation is 1. The molecule has 0 unspecified atom stereocenters. The second-order valence-corrected chi connectivity index (χ2v) is 5.96. The van der Waals surface area contributed by atoms with Crippen LogP contribution in [0.5, 0.6) is 0 Å². The minimum Gasteiger partial charge on any atom is -0.365 e. The zero-order valence-corrected chi connectivity index (χ0v) is 13.6. The van der Waals surface area contributed by atoms with E-state index in [0.29, 0.717) is 36.2 Å². The number of carbonyl (C=O) groups excluding carboxylic acids is 2. The van der Waals surface area contributed by atoms with Crippen molar-refractivity contribution in [1.29, 1.82) is 0 Å². The lowest BCUT2D eigenvalue weighted by molar-refractivity contribution is -0.165. The van der Waals surface area contributed by atoms with Crippen molar-refractivity contribution in [2.45, 2.75) is 32.0 Å². The van der Waals surface area contributed by atoms with Crippen LogP contribution in [0.1, 0.15) is 18.4 Å². The fourth-order valence-electron chi connectivity index (χ4n) is 2.45. The molecule has 0 radical (unpaired) electrons. The predicted molar refractivity (Wildman–Crippen MR) is 84.7 cm³/mol. The molecule has 0 saturated carbocycles. The number of benzene rings is 1. The van der Waals surface area contributed by atoms with E-state index in [2.05, 4.69) is 5.32 Å². The largest absolute Gasteiger partial charge is 0.454 e. The van der Waals surface area contributed by atoms with Gasteiger partial charge in [-0.2, -0.15) is 13.2 Å². The molecule has 0 aliphatic carbocycles. The van der Waals surface area contributed by atoms with Crippen LogP contribution in [0.2, 0.25) is 5.02 Å². The lowest BCUT2D eigenvalue weighted by atomic mass is 10.1. The zero-order valence-electron chi connectivity index (χ0n) is 12.9. The van der Waals surface area contributed by atoms with Gasteiger partial charge in [0.2, 0.25) is 5.91 Å². The number of nitrogens with zero attached hydrogens (tertiary/aromatic N) is 1. The van der Waals surface area contributed by atoms with Crippen molar-refractivity contribution in [3.05, 3.63) is 41.1 Å². The molecule has 2 rings (SSSR count). The molecule has 0 spiro atoms. The van der Waals surface area contributed by atoms with Gasteiger partial charge in [0.05, 0.1) is 0 Å². The van der Waals surface area contributed by atoms with Crippen LogP contribution in [0.3, 0.4) is 0 Å². The predicted octanol–water partition coefficient (Wildman–Crippen LogP) is 3.70. The maximum Gasteiger partial charge on any atom is 0.454 e. The molecule has 1 atom stereocenters. The van der Waals surface area contributed by atoms with Crippen LogP contribution >= 0.6 is 11.6 Å². The molecule has 130 valence electrons. The molecule has 24 heavy (non-hydrogen) atoms. The molecule has 1 N–H and O–H groups in total. The number of amides is 1. The van der Waals surface area contributed by atoms with E-state index in [4.69, 9.17) is 11.6 Å². The van der Waals surface area contributed by atoms with Crippen LogP contribution in [-0.4, -0.2) is 35.4 Å². The minimum atomic E-state index is -4.91. The number of carbonyl (C=O) groups is 2. The maximum atomic E-state index is 12.4. The molecule has 1 heterocycles. The Morgan fingerprint density at radius 3 is 2.75 bits per heavy atom. The Morgan fingerprint density at radius 1 is 1.38 bits per heavy atom. The van der Waals surface area contributed by atoms with E-state index in [-0.39, 0.29) is 5.91 Å². The normalized spacial score (nSPS) is 18.2. The summed E-state index contributed by atoms with van der Waals surface area (Å²) in [6.45, 7) is 2.22. The lowest BCUT2D eigenvalue weighted by Crippen LogP contribution is -2.37. The van der Waals surface area contributed by atoms with Gasteiger partial charge in [0, 0.05) is 29.5 Å². The van der Waals surface area contributed by atoms with Crippen LogP contribution in [0.4, 0.5) is 18.9 Å². The summed E-state index contributed by atoms with van der Waals surface area (Å²) < 4.78 is 36.7. The standard InChI is InChI=1S/C16H16ClF3N2O2/c1-10-4-5-11(17)9-12(10)21-15(24)13-3-2-7-22(13)8-6-14(23)16(18,19)20/h4-6,8-9,13H,2-3,7H2,1H3,(H,21,24)/b8-6+/t13-/m1/s1. The third kappa shape index (κ3) is 4.50. The van der Waals surface area contributed by atoms with Crippen LogP contribution in [0.15, 0.2) is 30.5 Å². The summed E-state index contributed by atoms with van der Waals surface area (Å²) in [6, 6.07) is 4.43. The Labute approximate surface area is 142 Å². The third-order valence-corrected chi connectivity index (χ3v) is 3.99. The summed E-state index contributed by atoms with van der Waals surface area (Å²) in [6.07, 6.45) is -2.27. The molecule has 1 aromatic rings. The highest BCUT2D eigenvalue weighted by atomic mass is 35.5. The first kappa shape index (κ1) is 18.3. The molecule has 4 nitrogen and oxygen atoms in total. The highest BCUT2D eigenvalue weighted by Crippen LogP contribution is 2.24. The molecule has 1 amide bonds. The molecule has 1 aliphatic heterocycles. The number of alkyl halides is 3. The lowest BCUT2D eigenvalue weighted by Gasteiger charge is -2.22. The molecule has 1 saturated heterocycles. The van der Waals surface area contributed by atoms with Gasteiger partial charge in [0.1, 0.15) is 6.04 Å². The summed E-state index contributed by atoms with van der Waals surface area (Å²) in [5, 5.41) is 3.20. The van der Waals surface area contributed by atoms with Gasteiger partial charge < -0.3 is 10.2 Å². The van der Waals surface area contributed by atoms with Crippen molar-refractivity contribution in [2.24, 2.45) is 0 Å². The van der Waals surface area contributed by atoms with Crippen molar-refractivity contribution in [2.75, 3.05) is 11.9 Å². The monoisotopic (exact) mass is 360 g/mol. The second kappa shape index (κ2) is 7.25. The number of hydrogen-bond donors (Lipinski definition) is 1. The Balaban J connectivity index is 2.07. The number of ketones is 1. The van der Waals surface area contributed by atoms with E-state index >= 15 is 0 Å². The van der Waals surface area contributed by atoms with Gasteiger partial charge >= 0.3 is 6.18 Å². The van der Waals surface area contributed by atoms with Gasteiger partial charge in [0.25, 0.3) is 5.78 Å². The number of halogens is 4. The highest BCUT2D eigenvalue weighted by Gasteiger charge is 2.37. The molecule has 0 aromatic heterocycles. The Hall–Kier alpha value is -2.02. The Morgan fingerprint density at radius 2 is 2.08 bits per heavy atom. The average molecular weight is 361 g/mol. The number of likely N-dealkylation sites (tertiary alicyclic amines) is 1. The smallest absolute Gasteiger partial charge is 0.365 e. The first-order chi connectivity index (χ1) is 11.2. The molecule has 1 aromatic carbocycles. The SMILES string of the molecule is Cc1ccc(Cl)cc1NC(=O)[C@H]1CCCN1/C=C/C(=O)C(F)(F)F. The number of anilines is 1. The maximum absolute atomic E-state index is 12.4. The van der Waals surface area contributed by atoms with Crippen LogP contribution < -0.4 is 5.32 Å². The average Bonchev–Trinajstić information content (AvgIpc) is 2.96. The molecule has 0 bridgehead atoms. The van der Waals surface area contributed by atoms with E-state index in [1.54, 1.807) is 25.1 Å². The zero-order chi connectivity index (χ0) is 17.9.